The highest BCUT2D eigenvalue weighted by Crippen LogP contribution is 2.37. The van der Waals surface area contributed by atoms with E-state index in [1.807, 2.05) is 31.2 Å². The first-order valence-corrected chi connectivity index (χ1v) is 9.60. The average molecular weight is 358 g/mol. The maximum absolute atomic E-state index is 13.3. The summed E-state index contributed by atoms with van der Waals surface area (Å²) in [7, 11) is -3.75. The number of benzene rings is 2. The highest BCUT2D eigenvalue weighted by Gasteiger charge is 2.34. The normalized spacial score (nSPS) is 19.5. The fourth-order valence-corrected chi connectivity index (χ4v) is 5.11. The van der Waals surface area contributed by atoms with E-state index in [0.29, 0.717) is 11.4 Å². The second-order valence-corrected chi connectivity index (χ2v) is 8.13. The zero-order valence-corrected chi connectivity index (χ0v) is 14.5. The zero-order chi connectivity index (χ0) is 17.6. The van der Waals surface area contributed by atoms with E-state index < -0.39 is 10.0 Å². The van der Waals surface area contributed by atoms with Crippen LogP contribution in [0.2, 0.25) is 0 Å². The van der Waals surface area contributed by atoms with E-state index in [9.17, 15) is 13.2 Å². The molecule has 0 fully saturated rings. The Hall–Kier alpha value is -2.54. The first-order valence-electron chi connectivity index (χ1n) is 8.16. The molecular formula is C18H18N2O4S. The number of nitrogens with one attached hydrogen (secondary N) is 1. The van der Waals surface area contributed by atoms with Crippen LogP contribution in [0.5, 0.6) is 5.75 Å². The van der Waals surface area contributed by atoms with Crippen LogP contribution in [0.25, 0.3) is 0 Å². The third-order valence-electron chi connectivity index (χ3n) is 4.60. The van der Waals surface area contributed by atoms with Crippen molar-refractivity contribution in [3.8, 4) is 5.75 Å². The number of sulfonamides is 1. The number of anilines is 2. The Bertz CT molecular complexity index is 955. The van der Waals surface area contributed by atoms with E-state index in [1.54, 1.807) is 6.07 Å². The molecule has 1 unspecified atom stereocenters. The molecule has 2 aromatic rings. The Morgan fingerprint density at radius 1 is 1.20 bits per heavy atom. The Balaban J connectivity index is 1.80. The summed E-state index contributed by atoms with van der Waals surface area (Å²) in [6, 6.07) is 12.0. The summed E-state index contributed by atoms with van der Waals surface area (Å²) in [5.41, 5.74) is 2.13. The van der Waals surface area contributed by atoms with Crippen LogP contribution in [0.15, 0.2) is 47.4 Å². The SMILES string of the molecule is CC1CCc2ccccc2N1S(=O)(=O)c1ccc2c(c1)NC(=O)CO2. The molecule has 4 rings (SSSR count). The van der Waals surface area contributed by atoms with Crippen molar-refractivity contribution in [2.45, 2.75) is 30.7 Å². The van der Waals surface area contributed by atoms with E-state index in [0.717, 1.165) is 24.1 Å². The van der Waals surface area contributed by atoms with Crippen molar-refractivity contribution in [2.24, 2.45) is 0 Å². The van der Waals surface area contributed by atoms with Gasteiger partial charge in [0.2, 0.25) is 0 Å². The van der Waals surface area contributed by atoms with Gasteiger partial charge in [0.05, 0.1) is 16.3 Å². The van der Waals surface area contributed by atoms with E-state index in [2.05, 4.69) is 5.32 Å². The second kappa shape index (κ2) is 5.77. The number of aryl methyl sites for hydroxylation is 1. The molecule has 6 nitrogen and oxygen atoms in total. The van der Waals surface area contributed by atoms with Gasteiger partial charge in [0, 0.05) is 6.04 Å². The third-order valence-corrected chi connectivity index (χ3v) is 6.53. The summed E-state index contributed by atoms with van der Waals surface area (Å²) >= 11 is 0. The van der Waals surface area contributed by atoms with Crippen LogP contribution in [0.4, 0.5) is 11.4 Å². The molecule has 2 heterocycles. The molecule has 2 aliphatic heterocycles. The lowest BCUT2D eigenvalue weighted by Crippen LogP contribution is -2.42. The summed E-state index contributed by atoms with van der Waals surface area (Å²) in [4.78, 5) is 11.6. The molecule has 25 heavy (non-hydrogen) atoms. The molecule has 0 saturated carbocycles. The Morgan fingerprint density at radius 3 is 2.84 bits per heavy atom. The molecule has 130 valence electrons. The molecule has 0 aromatic heterocycles. The van der Waals surface area contributed by atoms with Crippen molar-refractivity contribution in [1.82, 2.24) is 0 Å². The van der Waals surface area contributed by atoms with Crippen LogP contribution in [0.1, 0.15) is 18.9 Å². The van der Waals surface area contributed by atoms with Gasteiger partial charge >= 0.3 is 0 Å². The van der Waals surface area contributed by atoms with Crippen LogP contribution in [0, 0.1) is 0 Å². The number of para-hydroxylation sites is 1. The standard InChI is InChI=1S/C18H18N2O4S/c1-12-6-7-13-4-2-3-5-16(13)20(12)25(22,23)14-8-9-17-15(10-14)19-18(21)11-24-17/h2-5,8-10,12H,6-7,11H2,1H3,(H,19,21). The number of carbonyl (C=O) groups excluding carboxylic acids is 1. The van der Waals surface area contributed by atoms with Crippen molar-refractivity contribution in [3.63, 3.8) is 0 Å². The summed E-state index contributed by atoms with van der Waals surface area (Å²) in [6.07, 6.45) is 1.62. The van der Waals surface area contributed by atoms with Gasteiger partial charge in [0.15, 0.2) is 6.61 Å². The molecular weight excluding hydrogens is 340 g/mol. The lowest BCUT2D eigenvalue weighted by Gasteiger charge is -2.36. The second-order valence-electron chi connectivity index (χ2n) is 6.31. The fraction of sp³-hybridized carbons (Fsp3) is 0.278. The number of nitrogens with zero attached hydrogens (tertiary/aromatic N) is 1. The largest absolute Gasteiger partial charge is 0.482 e. The van der Waals surface area contributed by atoms with Gasteiger partial charge in [-0.2, -0.15) is 0 Å². The molecule has 0 radical (unpaired) electrons. The minimum absolute atomic E-state index is 0.0599. The summed E-state index contributed by atoms with van der Waals surface area (Å²) < 4.78 is 33.4. The van der Waals surface area contributed by atoms with E-state index in [1.165, 1.54) is 16.4 Å². The van der Waals surface area contributed by atoms with Gasteiger partial charge in [0.25, 0.3) is 15.9 Å². The number of hydrogen-bond donors (Lipinski definition) is 1. The number of rotatable bonds is 2. The summed E-state index contributed by atoms with van der Waals surface area (Å²) in [6.45, 7) is 1.85. The van der Waals surface area contributed by atoms with Crippen molar-refractivity contribution in [2.75, 3.05) is 16.2 Å². The maximum Gasteiger partial charge on any atom is 0.264 e. The number of ether oxygens (including phenoxy) is 1. The summed E-state index contributed by atoms with van der Waals surface area (Å²) in [5.74, 6) is 0.185. The topological polar surface area (TPSA) is 75.7 Å². The first-order chi connectivity index (χ1) is 12.0. The average Bonchev–Trinajstić information content (AvgIpc) is 2.60. The van der Waals surface area contributed by atoms with Gasteiger partial charge in [-0.15, -0.1) is 0 Å². The molecule has 0 saturated heterocycles. The molecule has 2 aliphatic rings. The first kappa shape index (κ1) is 16.0. The van der Waals surface area contributed by atoms with E-state index in [-0.39, 0.29) is 23.5 Å². The van der Waals surface area contributed by atoms with Gasteiger partial charge in [-0.25, -0.2) is 8.42 Å². The monoisotopic (exact) mass is 358 g/mol. The van der Waals surface area contributed by atoms with Gasteiger partial charge in [-0.3, -0.25) is 9.10 Å². The molecule has 1 atom stereocenters. The molecule has 1 amide bonds. The predicted octanol–water partition coefficient (Wildman–Crippen LogP) is 2.55. The van der Waals surface area contributed by atoms with Crippen molar-refractivity contribution in [3.05, 3.63) is 48.0 Å². The lowest BCUT2D eigenvalue weighted by atomic mass is 9.99. The van der Waals surface area contributed by atoms with Crippen LogP contribution < -0.4 is 14.4 Å². The molecule has 0 bridgehead atoms. The molecule has 2 aromatic carbocycles. The molecule has 1 N–H and O–H groups in total. The van der Waals surface area contributed by atoms with Crippen LogP contribution >= 0.6 is 0 Å². The van der Waals surface area contributed by atoms with Crippen LogP contribution in [-0.2, 0) is 21.2 Å². The Labute approximate surface area is 146 Å². The Kier molecular flexibility index (Phi) is 3.68. The van der Waals surface area contributed by atoms with Crippen molar-refractivity contribution < 1.29 is 17.9 Å². The number of hydrogen-bond acceptors (Lipinski definition) is 4. The van der Waals surface area contributed by atoms with Crippen molar-refractivity contribution in [1.29, 1.82) is 0 Å². The summed E-state index contributed by atoms with van der Waals surface area (Å²) in [5, 5.41) is 2.66. The third kappa shape index (κ3) is 2.64. The maximum atomic E-state index is 13.3. The van der Waals surface area contributed by atoms with Gasteiger partial charge in [-0.1, -0.05) is 18.2 Å². The Morgan fingerprint density at radius 2 is 2.00 bits per heavy atom. The van der Waals surface area contributed by atoms with E-state index >= 15 is 0 Å². The zero-order valence-electron chi connectivity index (χ0n) is 13.7. The lowest BCUT2D eigenvalue weighted by molar-refractivity contribution is -0.118. The number of amides is 1. The van der Waals surface area contributed by atoms with Crippen molar-refractivity contribution >= 4 is 27.3 Å². The molecule has 0 spiro atoms. The van der Waals surface area contributed by atoms with Gasteiger partial charge in [-0.05, 0) is 49.6 Å². The molecule has 7 heteroatoms. The van der Waals surface area contributed by atoms with Gasteiger partial charge < -0.3 is 10.1 Å². The molecule has 0 aliphatic carbocycles. The minimum atomic E-state index is -3.75. The highest BCUT2D eigenvalue weighted by molar-refractivity contribution is 7.92. The smallest absolute Gasteiger partial charge is 0.264 e. The quantitative estimate of drug-likeness (QED) is 0.895. The van der Waals surface area contributed by atoms with E-state index in [4.69, 9.17) is 4.74 Å². The number of fused-ring (bicyclic) bond motifs is 2. The van der Waals surface area contributed by atoms with Crippen LogP contribution in [-0.4, -0.2) is 27.0 Å². The van der Waals surface area contributed by atoms with Gasteiger partial charge in [0.1, 0.15) is 5.75 Å². The fourth-order valence-electron chi connectivity index (χ4n) is 3.36. The predicted molar refractivity (Wildman–Crippen MR) is 94.5 cm³/mol. The van der Waals surface area contributed by atoms with Crippen LogP contribution in [0.3, 0.4) is 0 Å². The highest BCUT2D eigenvalue weighted by atomic mass is 32.2. The number of carbonyl (C=O) groups is 1. The minimum Gasteiger partial charge on any atom is -0.482 e.